The van der Waals surface area contributed by atoms with E-state index in [2.05, 4.69) is 0 Å². The van der Waals surface area contributed by atoms with Crippen molar-refractivity contribution in [2.24, 2.45) is 0 Å². The number of hydrogen-bond acceptors (Lipinski definition) is 2. The van der Waals surface area contributed by atoms with Gasteiger partial charge in [-0.3, -0.25) is 13.9 Å². The Morgan fingerprint density at radius 1 is 1.08 bits per heavy atom. The standard InChI is InChI=1S/C19H20FN3O2/c1-3-22-16-9-4-5-10-17(16)23(19(22)25)13-18(24)21(2)12-14-7-6-8-15(20)11-14/h4-11H,3,12-13H2,1-2H3. The number of fused-ring (bicyclic) bond motifs is 1. The monoisotopic (exact) mass is 341 g/mol. The van der Waals surface area contributed by atoms with Gasteiger partial charge in [0.05, 0.1) is 11.0 Å². The highest BCUT2D eigenvalue weighted by atomic mass is 19.1. The Bertz CT molecular complexity index is 974. The average molecular weight is 341 g/mol. The normalized spacial score (nSPS) is 11.0. The predicted octanol–water partition coefficient (Wildman–Crippen LogP) is 2.62. The zero-order valence-corrected chi connectivity index (χ0v) is 14.3. The number of para-hydroxylation sites is 2. The Labute approximate surface area is 144 Å². The van der Waals surface area contributed by atoms with E-state index in [-0.39, 0.29) is 30.5 Å². The SMILES string of the molecule is CCn1c(=O)n(CC(=O)N(C)Cc2cccc(F)c2)c2ccccc21. The zero-order chi connectivity index (χ0) is 18.0. The number of benzene rings is 2. The molecule has 0 aliphatic rings. The molecule has 0 saturated carbocycles. The number of aryl methyl sites for hydroxylation is 1. The maximum atomic E-state index is 13.3. The van der Waals surface area contributed by atoms with Crippen molar-refractivity contribution < 1.29 is 9.18 Å². The fourth-order valence-corrected chi connectivity index (χ4v) is 2.98. The van der Waals surface area contributed by atoms with Crippen molar-refractivity contribution in [3.05, 3.63) is 70.4 Å². The maximum Gasteiger partial charge on any atom is 0.329 e. The summed E-state index contributed by atoms with van der Waals surface area (Å²) in [6, 6.07) is 13.6. The molecule has 0 aliphatic carbocycles. The number of imidazole rings is 1. The van der Waals surface area contributed by atoms with Gasteiger partial charge in [-0.05, 0) is 36.8 Å². The van der Waals surface area contributed by atoms with E-state index in [0.29, 0.717) is 12.1 Å². The van der Waals surface area contributed by atoms with E-state index >= 15 is 0 Å². The topological polar surface area (TPSA) is 47.2 Å². The second-order valence-electron chi connectivity index (χ2n) is 5.98. The summed E-state index contributed by atoms with van der Waals surface area (Å²) in [5.74, 6) is -0.536. The van der Waals surface area contributed by atoms with Gasteiger partial charge in [0.2, 0.25) is 5.91 Å². The molecule has 0 fully saturated rings. The fraction of sp³-hybridized carbons (Fsp3) is 0.263. The Balaban J connectivity index is 1.85. The van der Waals surface area contributed by atoms with Crippen LogP contribution in [0.3, 0.4) is 0 Å². The van der Waals surface area contributed by atoms with Crippen LogP contribution in [0.5, 0.6) is 0 Å². The lowest BCUT2D eigenvalue weighted by atomic mass is 10.2. The number of nitrogens with zero attached hydrogens (tertiary/aromatic N) is 3. The smallest absolute Gasteiger partial charge is 0.329 e. The number of hydrogen-bond donors (Lipinski definition) is 0. The van der Waals surface area contributed by atoms with Crippen LogP contribution in [0.15, 0.2) is 53.3 Å². The molecule has 1 heterocycles. The minimum atomic E-state index is -0.333. The number of rotatable bonds is 5. The molecule has 0 atom stereocenters. The molecule has 3 rings (SSSR count). The summed E-state index contributed by atoms with van der Waals surface area (Å²) in [4.78, 5) is 26.6. The van der Waals surface area contributed by atoms with Gasteiger partial charge < -0.3 is 4.90 Å². The van der Waals surface area contributed by atoms with Crippen molar-refractivity contribution in [1.29, 1.82) is 0 Å². The van der Waals surface area contributed by atoms with Crippen molar-refractivity contribution in [2.45, 2.75) is 26.6 Å². The van der Waals surface area contributed by atoms with Gasteiger partial charge in [0.25, 0.3) is 0 Å². The number of carbonyl (C=O) groups is 1. The summed E-state index contributed by atoms with van der Waals surface area (Å²) in [5.41, 5.74) is 2.06. The van der Waals surface area contributed by atoms with Gasteiger partial charge in [0.15, 0.2) is 0 Å². The highest BCUT2D eigenvalue weighted by Crippen LogP contribution is 2.13. The Morgan fingerprint density at radius 2 is 1.76 bits per heavy atom. The Kier molecular flexibility index (Phi) is 4.70. The van der Waals surface area contributed by atoms with Gasteiger partial charge in [-0.2, -0.15) is 0 Å². The zero-order valence-electron chi connectivity index (χ0n) is 14.3. The molecule has 5 nitrogen and oxygen atoms in total. The molecule has 1 amide bonds. The molecule has 1 aromatic heterocycles. The van der Waals surface area contributed by atoms with Crippen LogP contribution < -0.4 is 5.69 Å². The predicted molar refractivity (Wildman–Crippen MR) is 94.7 cm³/mol. The van der Waals surface area contributed by atoms with Crippen molar-refractivity contribution in [1.82, 2.24) is 14.0 Å². The minimum Gasteiger partial charge on any atom is -0.340 e. The third kappa shape index (κ3) is 3.33. The molecule has 25 heavy (non-hydrogen) atoms. The van der Waals surface area contributed by atoms with E-state index < -0.39 is 0 Å². The molecule has 0 bridgehead atoms. The molecular weight excluding hydrogens is 321 g/mol. The summed E-state index contributed by atoms with van der Waals surface area (Å²) < 4.78 is 16.4. The van der Waals surface area contributed by atoms with E-state index in [1.54, 1.807) is 23.7 Å². The highest BCUT2D eigenvalue weighted by Gasteiger charge is 2.17. The van der Waals surface area contributed by atoms with Crippen LogP contribution in [0.25, 0.3) is 11.0 Å². The number of amides is 1. The number of likely N-dealkylation sites (N-methyl/N-ethyl adjacent to an activating group) is 1. The molecular formula is C19H20FN3O2. The lowest BCUT2D eigenvalue weighted by molar-refractivity contribution is -0.131. The third-order valence-corrected chi connectivity index (χ3v) is 4.27. The van der Waals surface area contributed by atoms with E-state index in [4.69, 9.17) is 0 Å². The second kappa shape index (κ2) is 6.93. The molecule has 0 N–H and O–H groups in total. The summed E-state index contributed by atoms with van der Waals surface area (Å²) in [6.45, 7) is 2.69. The Hall–Kier alpha value is -2.89. The lowest BCUT2D eigenvalue weighted by Crippen LogP contribution is -2.34. The first-order chi connectivity index (χ1) is 12.0. The summed E-state index contributed by atoms with van der Waals surface area (Å²) >= 11 is 0. The molecule has 2 aromatic carbocycles. The minimum absolute atomic E-state index is 0.0435. The van der Waals surface area contributed by atoms with Crippen molar-refractivity contribution in [3.63, 3.8) is 0 Å². The van der Waals surface area contributed by atoms with Gasteiger partial charge in [0, 0.05) is 20.1 Å². The largest absolute Gasteiger partial charge is 0.340 e. The van der Waals surface area contributed by atoms with E-state index in [1.807, 2.05) is 31.2 Å². The van der Waals surface area contributed by atoms with Crippen LogP contribution in [-0.4, -0.2) is 27.0 Å². The molecule has 0 radical (unpaired) electrons. The van der Waals surface area contributed by atoms with Gasteiger partial charge in [0.1, 0.15) is 12.4 Å². The lowest BCUT2D eigenvalue weighted by Gasteiger charge is -2.17. The van der Waals surface area contributed by atoms with Crippen LogP contribution >= 0.6 is 0 Å². The van der Waals surface area contributed by atoms with Crippen molar-refractivity contribution >= 4 is 16.9 Å². The number of carbonyl (C=O) groups excluding carboxylic acids is 1. The first kappa shape index (κ1) is 17.0. The van der Waals surface area contributed by atoms with E-state index in [0.717, 1.165) is 11.0 Å². The van der Waals surface area contributed by atoms with Crippen LogP contribution in [-0.2, 0) is 24.4 Å². The first-order valence-electron chi connectivity index (χ1n) is 8.17. The van der Waals surface area contributed by atoms with Gasteiger partial charge in [-0.15, -0.1) is 0 Å². The van der Waals surface area contributed by atoms with Gasteiger partial charge >= 0.3 is 5.69 Å². The summed E-state index contributed by atoms with van der Waals surface area (Å²) in [7, 11) is 1.65. The average Bonchev–Trinajstić information content (AvgIpc) is 2.86. The summed E-state index contributed by atoms with van der Waals surface area (Å²) in [5, 5.41) is 0. The van der Waals surface area contributed by atoms with E-state index in [9.17, 15) is 14.0 Å². The van der Waals surface area contributed by atoms with Crippen molar-refractivity contribution in [3.8, 4) is 0 Å². The van der Waals surface area contributed by atoms with Gasteiger partial charge in [-0.1, -0.05) is 24.3 Å². The molecule has 0 spiro atoms. The molecule has 130 valence electrons. The third-order valence-electron chi connectivity index (χ3n) is 4.27. The van der Waals surface area contributed by atoms with Crippen molar-refractivity contribution in [2.75, 3.05) is 7.05 Å². The second-order valence-corrected chi connectivity index (χ2v) is 5.98. The van der Waals surface area contributed by atoms with E-state index in [1.165, 1.54) is 21.6 Å². The molecule has 0 aliphatic heterocycles. The van der Waals surface area contributed by atoms with Crippen LogP contribution in [0, 0.1) is 5.82 Å². The quantitative estimate of drug-likeness (QED) is 0.716. The van der Waals surface area contributed by atoms with Crippen LogP contribution in [0.2, 0.25) is 0 Å². The van der Waals surface area contributed by atoms with Crippen LogP contribution in [0.1, 0.15) is 12.5 Å². The fourth-order valence-electron chi connectivity index (χ4n) is 2.98. The Morgan fingerprint density at radius 3 is 2.40 bits per heavy atom. The first-order valence-corrected chi connectivity index (χ1v) is 8.17. The number of halogens is 1. The van der Waals surface area contributed by atoms with Gasteiger partial charge in [-0.25, -0.2) is 9.18 Å². The summed E-state index contributed by atoms with van der Waals surface area (Å²) in [6.07, 6.45) is 0. The number of aromatic nitrogens is 2. The highest BCUT2D eigenvalue weighted by molar-refractivity contribution is 5.80. The van der Waals surface area contributed by atoms with Crippen LogP contribution in [0.4, 0.5) is 4.39 Å². The molecule has 3 aromatic rings. The maximum absolute atomic E-state index is 13.3. The molecule has 0 saturated heterocycles. The molecule has 6 heteroatoms. The molecule has 0 unspecified atom stereocenters.